The SMILES string of the molecule is O=C(O)CNCCC(=O)Oc1ccccc1. The molecule has 0 spiro atoms. The smallest absolute Gasteiger partial charge is 0.317 e. The first-order valence-electron chi connectivity index (χ1n) is 4.87. The van der Waals surface area contributed by atoms with Gasteiger partial charge in [-0.25, -0.2) is 0 Å². The van der Waals surface area contributed by atoms with Crippen molar-refractivity contribution in [2.24, 2.45) is 0 Å². The molecule has 0 heterocycles. The molecule has 0 fully saturated rings. The van der Waals surface area contributed by atoms with E-state index in [2.05, 4.69) is 5.32 Å². The maximum Gasteiger partial charge on any atom is 0.317 e. The Bertz CT molecular complexity index is 350. The molecule has 0 amide bonds. The van der Waals surface area contributed by atoms with Gasteiger partial charge in [0, 0.05) is 6.54 Å². The largest absolute Gasteiger partial charge is 0.480 e. The molecule has 0 bridgehead atoms. The van der Waals surface area contributed by atoms with E-state index in [1.54, 1.807) is 24.3 Å². The van der Waals surface area contributed by atoms with Crippen LogP contribution in [0.3, 0.4) is 0 Å². The second kappa shape index (κ2) is 6.58. The van der Waals surface area contributed by atoms with E-state index in [-0.39, 0.29) is 25.5 Å². The van der Waals surface area contributed by atoms with E-state index in [4.69, 9.17) is 9.84 Å². The number of aliphatic carboxylic acids is 1. The van der Waals surface area contributed by atoms with E-state index < -0.39 is 5.97 Å². The monoisotopic (exact) mass is 223 g/mol. The minimum absolute atomic E-state index is 0.141. The predicted molar refractivity (Wildman–Crippen MR) is 57.2 cm³/mol. The molecule has 5 nitrogen and oxygen atoms in total. The molecule has 0 radical (unpaired) electrons. The average molecular weight is 223 g/mol. The molecular weight excluding hydrogens is 210 g/mol. The van der Waals surface area contributed by atoms with Crippen LogP contribution in [0.15, 0.2) is 30.3 Å². The molecule has 86 valence electrons. The van der Waals surface area contributed by atoms with E-state index >= 15 is 0 Å². The number of nitrogens with one attached hydrogen (secondary N) is 1. The fraction of sp³-hybridized carbons (Fsp3) is 0.273. The number of hydrogen-bond donors (Lipinski definition) is 2. The highest BCUT2D eigenvalue weighted by atomic mass is 16.5. The molecule has 16 heavy (non-hydrogen) atoms. The van der Waals surface area contributed by atoms with Crippen molar-refractivity contribution in [3.63, 3.8) is 0 Å². The summed E-state index contributed by atoms with van der Waals surface area (Å²) in [5.74, 6) is -0.841. The third-order valence-electron chi connectivity index (χ3n) is 1.76. The molecule has 0 aliphatic rings. The molecule has 0 aliphatic heterocycles. The van der Waals surface area contributed by atoms with Crippen LogP contribution in [0.5, 0.6) is 5.75 Å². The van der Waals surface area contributed by atoms with Crippen LogP contribution in [0.4, 0.5) is 0 Å². The van der Waals surface area contributed by atoms with Crippen LogP contribution in [0.2, 0.25) is 0 Å². The summed E-state index contributed by atoms with van der Waals surface area (Å²) >= 11 is 0. The normalized spacial score (nSPS) is 9.75. The fourth-order valence-electron chi connectivity index (χ4n) is 1.06. The Balaban J connectivity index is 2.19. The zero-order valence-corrected chi connectivity index (χ0v) is 8.68. The Kier molecular flexibility index (Phi) is 5.01. The number of ether oxygens (including phenoxy) is 1. The lowest BCUT2D eigenvalue weighted by molar-refractivity contribution is -0.137. The second-order valence-corrected chi connectivity index (χ2v) is 3.11. The van der Waals surface area contributed by atoms with Crippen LogP contribution in [-0.4, -0.2) is 30.1 Å². The Morgan fingerprint density at radius 2 is 1.94 bits per heavy atom. The number of rotatable bonds is 6. The number of carbonyl (C=O) groups excluding carboxylic acids is 1. The molecular formula is C11H13NO4. The Morgan fingerprint density at radius 3 is 2.56 bits per heavy atom. The zero-order chi connectivity index (χ0) is 11.8. The molecule has 5 heteroatoms. The molecule has 0 aliphatic carbocycles. The maximum absolute atomic E-state index is 11.2. The highest BCUT2D eigenvalue weighted by molar-refractivity contribution is 5.72. The molecule has 1 rings (SSSR count). The van der Waals surface area contributed by atoms with Crippen LogP contribution in [0, 0.1) is 0 Å². The molecule has 0 unspecified atom stereocenters. The average Bonchev–Trinajstić information content (AvgIpc) is 2.25. The first kappa shape index (κ1) is 12.2. The molecule has 1 aromatic carbocycles. The third kappa shape index (κ3) is 5.11. The van der Waals surface area contributed by atoms with E-state index in [0.29, 0.717) is 5.75 Å². The van der Waals surface area contributed by atoms with Gasteiger partial charge in [-0.1, -0.05) is 18.2 Å². The summed E-state index contributed by atoms with van der Waals surface area (Å²) in [6, 6.07) is 8.73. The Hall–Kier alpha value is -1.88. The molecule has 0 aromatic heterocycles. The number of hydrogen-bond acceptors (Lipinski definition) is 4. The lowest BCUT2D eigenvalue weighted by Gasteiger charge is -2.03. The van der Waals surface area contributed by atoms with Crippen molar-refractivity contribution >= 4 is 11.9 Å². The summed E-state index contributed by atoms with van der Waals surface area (Å²) in [4.78, 5) is 21.4. The van der Waals surface area contributed by atoms with Crippen LogP contribution in [0.25, 0.3) is 0 Å². The van der Waals surface area contributed by atoms with Gasteiger partial charge in [-0.15, -0.1) is 0 Å². The lowest BCUT2D eigenvalue weighted by Crippen LogP contribution is -2.26. The van der Waals surface area contributed by atoms with Crippen molar-refractivity contribution in [1.29, 1.82) is 0 Å². The number of carbonyl (C=O) groups is 2. The number of benzene rings is 1. The quantitative estimate of drug-likeness (QED) is 0.421. The molecule has 2 N–H and O–H groups in total. The van der Waals surface area contributed by atoms with Gasteiger partial charge < -0.3 is 15.2 Å². The van der Waals surface area contributed by atoms with Crippen LogP contribution >= 0.6 is 0 Å². The van der Waals surface area contributed by atoms with E-state index in [0.717, 1.165) is 0 Å². The van der Waals surface area contributed by atoms with Gasteiger partial charge in [0.15, 0.2) is 0 Å². The van der Waals surface area contributed by atoms with Gasteiger partial charge in [0.05, 0.1) is 13.0 Å². The van der Waals surface area contributed by atoms with Crippen molar-refractivity contribution < 1.29 is 19.4 Å². The van der Waals surface area contributed by atoms with Crippen molar-refractivity contribution in [1.82, 2.24) is 5.32 Å². The van der Waals surface area contributed by atoms with E-state index in [9.17, 15) is 9.59 Å². The standard InChI is InChI=1S/C11H13NO4/c13-10(14)8-12-7-6-11(15)16-9-4-2-1-3-5-9/h1-5,12H,6-8H2,(H,13,14). The minimum atomic E-state index is -0.948. The van der Waals surface area contributed by atoms with Crippen LogP contribution in [0.1, 0.15) is 6.42 Å². The van der Waals surface area contributed by atoms with Gasteiger partial charge >= 0.3 is 11.9 Å². The van der Waals surface area contributed by atoms with Crippen molar-refractivity contribution in [2.75, 3.05) is 13.1 Å². The van der Waals surface area contributed by atoms with Crippen LogP contribution < -0.4 is 10.1 Å². The zero-order valence-electron chi connectivity index (χ0n) is 8.68. The van der Waals surface area contributed by atoms with Crippen molar-refractivity contribution in [3.05, 3.63) is 30.3 Å². The fourth-order valence-corrected chi connectivity index (χ4v) is 1.06. The van der Waals surface area contributed by atoms with Gasteiger partial charge in [-0.3, -0.25) is 9.59 Å². The first-order valence-corrected chi connectivity index (χ1v) is 4.87. The third-order valence-corrected chi connectivity index (χ3v) is 1.76. The summed E-state index contributed by atoms with van der Waals surface area (Å²) < 4.78 is 5.00. The topological polar surface area (TPSA) is 75.6 Å². The highest BCUT2D eigenvalue weighted by Gasteiger charge is 2.04. The predicted octanol–water partition coefficient (Wildman–Crippen LogP) is 0.656. The Labute approximate surface area is 93.0 Å². The lowest BCUT2D eigenvalue weighted by atomic mass is 10.3. The van der Waals surface area contributed by atoms with Gasteiger partial charge in [0.25, 0.3) is 0 Å². The molecule has 0 saturated heterocycles. The van der Waals surface area contributed by atoms with Crippen molar-refractivity contribution in [2.45, 2.75) is 6.42 Å². The first-order chi connectivity index (χ1) is 7.68. The van der Waals surface area contributed by atoms with Crippen LogP contribution in [-0.2, 0) is 9.59 Å². The molecule has 0 atom stereocenters. The summed E-state index contributed by atoms with van der Waals surface area (Å²) in [5.41, 5.74) is 0. The van der Waals surface area contributed by atoms with Gasteiger partial charge in [-0.05, 0) is 12.1 Å². The molecule has 0 saturated carbocycles. The summed E-state index contributed by atoms with van der Waals surface area (Å²) in [6.45, 7) is 0.135. The van der Waals surface area contributed by atoms with Gasteiger partial charge in [0.2, 0.25) is 0 Å². The van der Waals surface area contributed by atoms with E-state index in [1.807, 2.05) is 6.07 Å². The Morgan fingerprint density at radius 1 is 1.25 bits per heavy atom. The highest BCUT2D eigenvalue weighted by Crippen LogP contribution is 2.08. The minimum Gasteiger partial charge on any atom is -0.480 e. The van der Waals surface area contributed by atoms with Gasteiger partial charge in [0.1, 0.15) is 5.75 Å². The molecule has 1 aromatic rings. The maximum atomic E-state index is 11.2. The number of carboxylic acids is 1. The van der Waals surface area contributed by atoms with E-state index in [1.165, 1.54) is 0 Å². The van der Waals surface area contributed by atoms with Gasteiger partial charge in [-0.2, -0.15) is 0 Å². The second-order valence-electron chi connectivity index (χ2n) is 3.11. The summed E-state index contributed by atoms with van der Waals surface area (Å²) in [7, 11) is 0. The van der Waals surface area contributed by atoms with Crippen molar-refractivity contribution in [3.8, 4) is 5.75 Å². The number of carboxylic acid groups (broad SMARTS) is 1. The number of para-hydroxylation sites is 1. The number of esters is 1. The summed E-state index contributed by atoms with van der Waals surface area (Å²) in [5, 5.41) is 10.9. The summed E-state index contributed by atoms with van der Waals surface area (Å²) in [6.07, 6.45) is 0.141.